The van der Waals surface area contributed by atoms with Crippen molar-refractivity contribution in [1.82, 2.24) is 5.32 Å². The predicted octanol–water partition coefficient (Wildman–Crippen LogP) is 4.11. The Morgan fingerprint density at radius 1 is 1.00 bits per heavy atom. The summed E-state index contributed by atoms with van der Waals surface area (Å²) in [5, 5.41) is 3.04. The monoisotopic (exact) mass is 279 g/mol. The summed E-state index contributed by atoms with van der Waals surface area (Å²) in [6.45, 7) is 4.01. The lowest BCUT2D eigenvalue weighted by molar-refractivity contribution is 0.509. The third-order valence-electron chi connectivity index (χ3n) is 3.21. The highest BCUT2D eigenvalue weighted by atomic mass is 19.1. The highest BCUT2D eigenvalue weighted by Gasteiger charge is 2.21. The zero-order chi connectivity index (χ0) is 14.7. The number of aryl methyl sites for hydroxylation is 1. The molecule has 1 nitrogen and oxygen atoms in total. The third kappa shape index (κ3) is 2.85. The van der Waals surface area contributed by atoms with Crippen molar-refractivity contribution in [3.05, 3.63) is 70.5 Å². The lowest BCUT2D eigenvalue weighted by Crippen LogP contribution is -2.24. The van der Waals surface area contributed by atoms with Gasteiger partial charge in [0.25, 0.3) is 0 Å². The number of rotatable bonds is 4. The summed E-state index contributed by atoms with van der Waals surface area (Å²) in [6, 6.07) is 7.59. The van der Waals surface area contributed by atoms with E-state index in [1.165, 1.54) is 24.3 Å². The maximum atomic E-state index is 13.9. The number of halogens is 3. The van der Waals surface area contributed by atoms with Crippen LogP contribution in [0, 0.1) is 24.4 Å². The molecule has 2 aromatic carbocycles. The molecule has 1 atom stereocenters. The molecule has 20 heavy (non-hydrogen) atoms. The van der Waals surface area contributed by atoms with E-state index in [0.29, 0.717) is 17.7 Å². The van der Waals surface area contributed by atoms with Crippen LogP contribution in [0.1, 0.15) is 29.7 Å². The van der Waals surface area contributed by atoms with Crippen LogP contribution in [0.5, 0.6) is 0 Å². The fraction of sp³-hybridized carbons (Fsp3) is 0.250. The van der Waals surface area contributed by atoms with Gasteiger partial charge < -0.3 is 5.32 Å². The lowest BCUT2D eigenvalue weighted by atomic mass is 9.96. The fourth-order valence-corrected chi connectivity index (χ4v) is 2.22. The van der Waals surface area contributed by atoms with E-state index in [2.05, 4.69) is 5.32 Å². The van der Waals surface area contributed by atoms with Crippen molar-refractivity contribution in [3.8, 4) is 0 Å². The molecule has 2 rings (SSSR count). The van der Waals surface area contributed by atoms with Gasteiger partial charge in [-0.2, -0.15) is 0 Å². The molecule has 2 aromatic rings. The first-order valence-corrected chi connectivity index (χ1v) is 6.48. The Bertz CT molecular complexity index is 590. The van der Waals surface area contributed by atoms with Crippen molar-refractivity contribution in [2.45, 2.75) is 19.9 Å². The largest absolute Gasteiger partial charge is 0.306 e. The maximum absolute atomic E-state index is 13.9. The van der Waals surface area contributed by atoms with E-state index in [4.69, 9.17) is 0 Å². The maximum Gasteiger partial charge on any atom is 0.131 e. The molecule has 0 bridgehead atoms. The summed E-state index contributed by atoms with van der Waals surface area (Å²) < 4.78 is 41.2. The first kappa shape index (κ1) is 14.6. The Morgan fingerprint density at radius 2 is 1.65 bits per heavy atom. The zero-order valence-electron chi connectivity index (χ0n) is 11.4. The van der Waals surface area contributed by atoms with E-state index in [1.807, 2.05) is 6.92 Å². The second kappa shape index (κ2) is 6.09. The van der Waals surface area contributed by atoms with Crippen molar-refractivity contribution >= 4 is 0 Å². The van der Waals surface area contributed by atoms with E-state index < -0.39 is 17.7 Å². The van der Waals surface area contributed by atoms with Crippen LogP contribution in [-0.4, -0.2) is 6.54 Å². The second-order valence-electron chi connectivity index (χ2n) is 4.63. The van der Waals surface area contributed by atoms with Gasteiger partial charge in [-0.15, -0.1) is 0 Å². The van der Waals surface area contributed by atoms with Gasteiger partial charge in [-0.25, -0.2) is 13.2 Å². The first-order valence-electron chi connectivity index (χ1n) is 6.48. The normalized spacial score (nSPS) is 12.4. The standard InChI is InChI=1S/C16H16F3N/c1-3-20-16(11-7-8-12(17)10(2)9-11)15-13(18)5-4-6-14(15)19/h4-9,16,20H,3H2,1-2H3. The van der Waals surface area contributed by atoms with Crippen molar-refractivity contribution < 1.29 is 13.2 Å². The third-order valence-corrected chi connectivity index (χ3v) is 3.21. The van der Waals surface area contributed by atoms with E-state index >= 15 is 0 Å². The molecule has 1 unspecified atom stereocenters. The van der Waals surface area contributed by atoms with Crippen LogP contribution in [0.2, 0.25) is 0 Å². The molecule has 0 saturated heterocycles. The quantitative estimate of drug-likeness (QED) is 0.888. The van der Waals surface area contributed by atoms with Crippen molar-refractivity contribution in [1.29, 1.82) is 0 Å². The molecule has 0 amide bonds. The van der Waals surface area contributed by atoms with Crippen molar-refractivity contribution in [2.75, 3.05) is 6.54 Å². The molecule has 0 spiro atoms. The zero-order valence-corrected chi connectivity index (χ0v) is 11.4. The van der Waals surface area contributed by atoms with E-state index in [0.717, 1.165) is 0 Å². The van der Waals surface area contributed by atoms with Gasteiger partial charge in [0.05, 0.1) is 6.04 Å². The van der Waals surface area contributed by atoms with Gasteiger partial charge in [0.15, 0.2) is 0 Å². The SMILES string of the molecule is CCNC(c1ccc(F)c(C)c1)c1c(F)cccc1F. The Kier molecular flexibility index (Phi) is 4.45. The van der Waals surface area contributed by atoms with Crippen molar-refractivity contribution in [2.24, 2.45) is 0 Å². The molecule has 106 valence electrons. The molecular weight excluding hydrogens is 263 g/mol. The Labute approximate surface area is 116 Å². The lowest BCUT2D eigenvalue weighted by Gasteiger charge is -2.20. The minimum Gasteiger partial charge on any atom is -0.306 e. The van der Waals surface area contributed by atoms with Crippen LogP contribution in [-0.2, 0) is 0 Å². The van der Waals surface area contributed by atoms with Gasteiger partial charge in [-0.3, -0.25) is 0 Å². The first-order chi connectivity index (χ1) is 9.54. The molecule has 0 radical (unpaired) electrons. The summed E-state index contributed by atoms with van der Waals surface area (Å²) in [7, 11) is 0. The van der Waals surface area contributed by atoms with Crippen LogP contribution in [0.15, 0.2) is 36.4 Å². The molecule has 0 saturated carbocycles. The van der Waals surface area contributed by atoms with Gasteiger partial charge in [-0.1, -0.05) is 25.1 Å². The van der Waals surface area contributed by atoms with Crippen LogP contribution >= 0.6 is 0 Å². The van der Waals surface area contributed by atoms with Gasteiger partial charge in [-0.05, 0) is 42.8 Å². The summed E-state index contributed by atoms with van der Waals surface area (Å²) >= 11 is 0. The van der Waals surface area contributed by atoms with Crippen LogP contribution in [0.3, 0.4) is 0 Å². The predicted molar refractivity (Wildman–Crippen MR) is 73.0 cm³/mol. The van der Waals surface area contributed by atoms with Crippen molar-refractivity contribution in [3.63, 3.8) is 0 Å². The number of hydrogen-bond acceptors (Lipinski definition) is 1. The topological polar surface area (TPSA) is 12.0 Å². The summed E-state index contributed by atoms with van der Waals surface area (Å²) in [4.78, 5) is 0. The fourth-order valence-electron chi connectivity index (χ4n) is 2.22. The van der Waals surface area contributed by atoms with E-state index in [-0.39, 0.29) is 11.4 Å². The van der Waals surface area contributed by atoms with Gasteiger partial charge in [0.2, 0.25) is 0 Å². The molecule has 0 aliphatic heterocycles. The molecule has 0 fully saturated rings. The molecule has 0 aliphatic rings. The molecule has 0 aliphatic carbocycles. The van der Waals surface area contributed by atoms with Crippen LogP contribution < -0.4 is 5.32 Å². The second-order valence-corrected chi connectivity index (χ2v) is 4.63. The molecule has 4 heteroatoms. The van der Waals surface area contributed by atoms with Gasteiger partial charge in [0, 0.05) is 5.56 Å². The molecule has 1 N–H and O–H groups in total. The van der Waals surface area contributed by atoms with Gasteiger partial charge >= 0.3 is 0 Å². The molecule has 0 aromatic heterocycles. The summed E-state index contributed by atoms with van der Waals surface area (Å²) in [6.07, 6.45) is 0. The van der Waals surface area contributed by atoms with Crippen LogP contribution in [0.4, 0.5) is 13.2 Å². The summed E-state index contributed by atoms with van der Waals surface area (Å²) in [5.74, 6) is -1.56. The molecule has 0 heterocycles. The highest BCUT2D eigenvalue weighted by molar-refractivity contribution is 5.36. The van der Waals surface area contributed by atoms with Gasteiger partial charge in [0.1, 0.15) is 17.5 Å². The number of hydrogen-bond donors (Lipinski definition) is 1. The average Bonchev–Trinajstić information content (AvgIpc) is 2.41. The summed E-state index contributed by atoms with van der Waals surface area (Å²) in [5.41, 5.74) is 1.04. The number of benzene rings is 2. The Morgan fingerprint density at radius 3 is 2.20 bits per heavy atom. The minimum absolute atomic E-state index is 0.0413. The Hall–Kier alpha value is -1.81. The smallest absolute Gasteiger partial charge is 0.131 e. The minimum atomic E-state index is -0.638. The Balaban J connectivity index is 2.53. The van der Waals surface area contributed by atoms with E-state index in [1.54, 1.807) is 19.1 Å². The number of nitrogens with one attached hydrogen (secondary N) is 1. The van der Waals surface area contributed by atoms with E-state index in [9.17, 15) is 13.2 Å². The van der Waals surface area contributed by atoms with Crippen LogP contribution in [0.25, 0.3) is 0 Å². The average molecular weight is 279 g/mol. The highest BCUT2D eigenvalue weighted by Crippen LogP contribution is 2.28. The molecular formula is C16H16F3N.